The van der Waals surface area contributed by atoms with E-state index >= 15 is 0 Å². The molecule has 0 spiro atoms. The van der Waals surface area contributed by atoms with Gasteiger partial charge in [0.2, 0.25) is 0 Å². The van der Waals surface area contributed by atoms with Crippen LogP contribution in [0.4, 0.5) is 9.59 Å². The van der Waals surface area contributed by atoms with Crippen LogP contribution < -0.4 is 10.6 Å². The molecular weight excluding hydrogens is 304 g/mol. The molecule has 0 aromatic rings. The second-order valence-corrected chi connectivity index (χ2v) is 7.11. The van der Waals surface area contributed by atoms with Crippen LogP contribution in [-0.4, -0.2) is 47.1 Å². The number of aliphatic carboxylic acids is 1. The minimum absolute atomic E-state index is 0.157. The van der Waals surface area contributed by atoms with Crippen LogP contribution in [-0.2, 0) is 14.3 Å². The average molecular weight is 332 g/mol. The van der Waals surface area contributed by atoms with Crippen LogP contribution in [0.3, 0.4) is 0 Å². The van der Waals surface area contributed by atoms with Gasteiger partial charge in [0.1, 0.15) is 17.2 Å². The van der Waals surface area contributed by atoms with Crippen LogP contribution in [0.2, 0.25) is 0 Å². The Bertz CT molecular complexity index is 423. The van der Waals surface area contributed by atoms with Crippen LogP contribution in [0.1, 0.15) is 54.4 Å². The number of carboxylic acid groups (broad SMARTS) is 1. The van der Waals surface area contributed by atoms with E-state index in [1.54, 1.807) is 41.5 Å². The number of rotatable bonds is 6. The van der Waals surface area contributed by atoms with Gasteiger partial charge >= 0.3 is 18.2 Å². The van der Waals surface area contributed by atoms with Gasteiger partial charge in [-0.05, 0) is 54.4 Å². The molecule has 0 rings (SSSR count). The molecule has 0 radical (unpaired) electrons. The van der Waals surface area contributed by atoms with Crippen molar-refractivity contribution >= 4 is 18.2 Å². The normalized spacial score (nSPS) is 13.0. The van der Waals surface area contributed by atoms with Gasteiger partial charge in [-0.3, -0.25) is 0 Å². The van der Waals surface area contributed by atoms with E-state index in [0.717, 1.165) is 0 Å². The second-order valence-electron chi connectivity index (χ2n) is 7.11. The van der Waals surface area contributed by atoms with Gasteiger partial charge in [-0.25, -0.2) is 14.4 Å². The zero-order valence-corrected chi connectivity index (χ0v) is 14.7. The molecule has 0 saturated carbocycles. The van der Waals surface area contributed by atoms with Crippen LogP contribution in [0.5, 0.6) is 0 Å². The Morgan fingerprint density at radius 2 is 1.43 bits per heavy atom. The third-order valence-electron chi connectivity index (χ3n) is 2.33. The number of carbonyl (C=O) groups excluding carboxylic acids is 2. The molecule has 0 unspecified atom stereocenters. The predicted molar refractivity (Wildman–Crippen MR) is 84.3 cm³/mol. The molecule has 0 aromatic heterocycles. The van der Waals surface area contributed by atoms with Crippen molar-refractivity contribution in [3.63, 3.8) is 0 Å². The van der Waals surface area contributed by atoms with Crippen molar-refractivity contribution < 1.29 is 29.0 Å². The SMILES string of the molecule is CC(C)(C)OC(=O)NCCC[C@@H](NC(=O)OC(C)(C)C)C(=O)O. The van der Waals surface area contributed by atoms with E-state index in [1.807, 2.05) is 0 Å². The van der Waals surface area contributed by atoms with Gasteiger partial charge in [0.15, 0.2) is 0 Å². The summed E-state index contributed by atoms with van der Waals surface area (Å²) >= 11 is 0. The molecule has 0 aliphatic heterocycles. The van der Waals surface area contributed by atoms with Crippen molar-refractivity contribution in [3.05, 3.63) is 0 Å². The fourth-order valence-electron chi connectivity index (χ4n) is 1.52. The van der Waals surface area contributed by atoms with E-state index in [0.29, 0.717) is 6.42 Å². The summed E-state index contributed by atoms with van der Waals surface area (Å²) in [4.78, 5) is 34.2. The summed E-state index contributed by atoms with van der Waals surface area (Å²) in [5.74, 6) is -1.16. The van der Waals surface area contributed by atoms with Gasteiger partial charge in [0.05, 0.1) is 0 Å². The van der Waals surface area contributed by atoms with Gasteiger partial charge in [-0.15, -0.1) is 0 Å². The van der Waals surface area contributed by atoms with Crippen molar-refractivity contribution in [2.45, 2.75) is 71.6 Å². The van der Waals surface area contributed by atoms with Gasteiger partial charge in [0.25, 0.3) is 0 Å². The molecule has 3 N–H and O–H groups in total. The highest BCUT2D eigenvalue weighted by Crippen LogP contribution is 2.08. The summed E-state index contributed by atoms with van der Waals surface area (Å²) in [5, 5.41) is 13.9. The molecule has 8 heteroatoms. The lowest BCUT2D eigenvalue weighted by molar-refractivity contribution is -0.139. The van der Waals surface area contributed by atoms with Crippen molar-refractivity contribution in [2.75, 3.05) is 6.54 Å². The predicted octanol–water partition coefficient (Wildman–Crippen LogP) is 2.27. The van der Waals surface area contributed by atoms with E-state index in [9.17, 15) is 14.4 Å². The highest BCUT2D eigenvalue weighted by molar-refractivity contribution is 5.80. The number of hydrogen-bond acceptors (Lipinski definition) is 5. The van der Waals surface area contributed by atoms with Crippen LogP contribution in [0.15, 0.2) is 0 Å². The van der Waals surface area contributed by atoms with Gasteiger partial charge in [0, 0.05) is 6.54 Å². The molecular formula is C15H28N2O6. The summed E-state index contributed by atoms with van der Waals surface area (Å²) < 4.78 is 10.1. The largest absolute Gasteiger partial charge is 0.480 e. The number of amides is 2. The van der Waals surface area contributed by atoms with Crippen molar-refractivity contribution in [1.82, 2.24) is 10.6 Å². The van der Waals surface area contributed by atoms with Crippen molar-refractivity contribution in [3.8, 4) is 0 Å². The highest BCUT2D eigenvalue weighted by Gasteiger charge is 2.23. The molecule has 23 heavy (non-hydrogen) atoms. The third kappa shape index (κ3) is 12.3. The standard InChI is InChI=1S/C15H28N2O6/c1-14(2,3)22-12(20)16-9-7-8-10(11(18)19)17-13(21)23-15(4,5)6/h10H,7-9H2,1-6H3,(H,16,20)(H,17,21)(H,18,19)/t10-/m1/s1. The Morgan fingerprint density at radius 3 is 1.87 bits per heavy atom. The number of hydrogen-bond donors (Lipinski definition) is 3. The topological polar surface area (TPSA) is 114 Å². The Morgan fingerprint density at radius 1 is 0.957 bits per heavy atom. The summed E-state index contributed by atoms with van der Waals surface area (Å²) in [6.07, 6.45) is -0.828. The minimum atomic E-state index is -1.16. The van der Waals surface area contributed by atoms with Gasteiger partial charge in [-0.1, -0.05) is 0 Å². The number of carboxylic acids is 1. The zero-order chi connectivity index (χ0) is 18.3. The third-order valence-corrected chi connectivity index (χ3v) is 2.33. The first-order chi connectivity index (χ1) is 10.3. The smallest absolute Gasteiger partial charge is 0.408 e. The first kappa shape index (κ1) is 21.0. The number of alkyl carbamates (subject to hydrolysis) is 2. The molecule has 8 nitrogen and oxygen atoms in total. The molecule has 0 bridgehead atoms. The Kier molecular flexibility index (Phi) is 7.85. The van der Waals surface area contributed by atoms with Crippen LogP contribution in [0.25, 0.3) is 0 Å². The Hall–Kier alpha value is -1.99. The second kappa shape index (κ2) is 8.59. The first-order valence-corrected chi connectivity index (χ1v) is 7.49. The van der Waals surface area contributed by atoms with Gasteiger partial charge in [-0.2, -0.15) is 0 Å². The molecule has 0 aliphatic carbocycles. The summed E-state index contributed by atoms with van der Waals surface area (Å²) in [5.41, 5.74) is -1.29. The maximum absolute atomic E-state index is 11.6. The first-order valence-electron chi connectivity index (χ1n) is 7.49. The summed E-state index contributed by atoms with van der Waals surface area (Å²) in [6, 6.07) is -1.08. The highest BCUT2D eigenvalue weighted by atomic mass is 16.6. The molecule has 1 atom stereocenters. The number of carbonyl (C=O) groups is 3. The molecule has 0 fully saturated rings. The zero-order valence-electron chi connectivity index (χ0n) is 14.7. The Labute approximate surface area is 136 Å². The lowest BCUT2D eigenvalue weighted by atomic mass is 10.1. The monoisotopic (exact) mass is 332 g/mol. The molecule has 0 aromatic carbocycles. The maximum Gasteiger partial charge on any atom is 0.408 e. The van der Waals surface area contributed by atoms with Gasteiger partial charge < -0.3 is 25.2 Å². The lowest BCUT2D eigenvalue weighted by Crippen LogP contribution is -2.43. The van der Waals surface area contributed by atoms with Crippen molar-refractivity contribution in [2.24, 2.45) is 0 Å². The van der Waals surface area contributed by atoms with E-state index < -0.39 is 35.4 Å². The fourth-order valence-corrected chi connectivity index (χ4v) is 1.52. The van der Waals surface area contributed by atoms with Crippen LogP contribution in [0, 0.1) is 0 Å². The number of ether oxygens (including phenoxy) is 2. The quantitative estimate of drug-likeness (QED) is 0.643. The van der Waals surface area contributed by atoms with Crippen LogP contribution >= 0.6 is 0 Å². The van der Waals surface area contributed by atoms with E-state index in [2.05, 4.69) is 10.6 Å². The molecule has 2 amide bonds. The molecule has 0 saturated heterocycles. The molecule has 0 aliphatic rings. The summed E-state index contributed by atoms with van der Waals surface area (Å²) in [7, 11) is 0. The Balaban J connectivity index is 4.19. The average Bonchev–Trinajstić information content (AvgIpc) is 2.27. The van der Waals surface area contributed by atoms with Crippen molar-refractivity contribution in [1.29, 1.82) is 0 Å². The lowest BCUT2D eigenvalue weighted by Gasteiger charge is -2.22. The number of nitrogens with one attached hydrogen (secondary N) is 2. The van der Waals surface area contributed by atoms with E-state index in [1.165, 1.54) is 0 Å². The maximum atomic E-state index is 11.6. The van der Waals surface area contributed by atoms with E-state index in [4.69, 9.17) is 14.6 Å². The molecule has 134 valence electrons. The molecule has 0 heterocycles. The van der Waals surface area contributed by atoms with E-state index in [-0.39, 0.29) is 13.0 Å². The fraction of sp³-hybridized carbons (Fsp3) is 0.800. The minimum Gasteiger partial charge on any atom is -0.480 e. The summed E-state index contributed by atoms with van der Waals surface area (Å²) in [6.45, 7) is 10.6.